The van der Waals surface area contributed by atoms with Crippen molar-refractivity contribution in [1.29, 1.82) is 0 Å². The van der Waals surface area contributed by atoms with Crippen LogP contribution in [0, 0.1) is 6.92 Å². The lowest BCUT2D eigenvalue weighted by Crippen LogP contribution is -2.30. The molecule has 150 valence electrons. The van der Waals surface area contributed by atoms with Crippen LogP contribution in [-0.4, -0.2) is 17.6 Å². The Bertz CT molecular complexity index is 1170. The Kier molecular flexibility index (Phi) is 5.57. The van der Waals surface area contributed by atoms with Crippen LogP contribution in [0.2, 0.25) is 10.0 Å². The third-order valence-corrected chi connectivity index (χ3v) is 5.34. The first-order valence-corrected chi connectivity index (χ1v) is 9.91. The summed E-state index contributed by atoms with van der Waals surface area (Å²) in [5.74, 6) is -1.01. The molecule has 0 N–H and O–H groups in total. The second-order valence-corrected chi connectivity index (χ2v) is 7.67. The van der Waals surface area contributed by atoms with E-state index in [0.29, 0.717) is 26.9 Å². The van der Waals surface area contributed by atoms with E-state index >= 15 is 0 Å². The third kappa shape index (κ3) is 3.95. The van der Waals surface area contributed by atoms with Crippen LogP contribution >= 0.6 is 23.2 Å². The lowest BCUT2D eigenvalue weighted by atomic mass is 10.1. The van der Waals surface area contributed by atoms with Gasteiger partial charge >= 0.3 is 5.97 Å². The molecule has 0 aromatic heterocycles. The molecule has 1 heterocycles. The van der Waals surface area contributed by atoms with Crippen LogP contribution in [0.3, 0.4) is 0 Å². The van der Waals surface area contributed by atoms with Crippen molar-refractivity contribution in [3.8, 4) is 0 Å². The fraction of sp³-hybridized carbons (Fsp3) is 0.0870. The average Bonchev–Trinajstić information content (AvgIpc) is 3.00. The molecule has 0 saturated carbocycles. The molecule has 3 aromatic carbocycles. The Morgan fingerprint density at radius 2 is 1.77 bits per heavy atom. The number of para-hydroxylation sites is 1. The zero-order valence-electron chi connectivity index (χ0n) is 15.9. The number of benzene rings is 3. The molecule has 0 bridgehead atoms. The van der Waals surface area contributed by atoms with Crippen molar-refractivity contribution in [1.82, 2.24) is 0 Å². The summed E-state index contributed by atoms with van der Waals surface area (Å²) in [7, 11) is 0. The first-order valence-electron chi connectivity index (χ1n) is 9.15. The predicted molar refractivity (Wildman–Crippen MR) is 117 cm³/mol. The van der Waals surface area contributed by atoms with E-state index in [2.05, 4.69) is 5.16 Å². The third-order valence-electron chi connectivity index (χ3n) is 4.75. The molecule has 4 rings (SSSR count). The Morgan fingerprint density at radius 3 is 2.50 bits per heavy atom. The quantitative estimate of drug-likeness (QED) is 0.404. The molecule has 0 spiro atoms. The minimum Gasteiger partial charge on any atom is -0.312 e. The van der Waals surface area contributed by atoms with Gasteiger partial charge in [0, 0.05) is 15.6 Å². The van der Waals surface area contributed by atoms with Gasteiger partial charge in [0.15, 0.2) is 5.71 Å². The highest BCUT2D eigenvalue weighted by Gasteiger charge is 2.35. The summed E-state index contributed by atoms with van der Waals surface area (Å²) in [6, 6.07) is 19.2. The number of nitrogens with zero attached hydrogens (tertiary/aromatic N) is 2. The highest BCUT2D eigenvalue weighted by molar-refractivity contribution is 6.54. The van der Waals surface area contributed by atoms with Gasteiger partial charge in [-0.3, -0.25) is 4.79 Å². The summed E-state index contributed by atoms with van der Waals surface area (Å²) in [6.07, 6.45) is 0. The fourth-order valence-corrected chi connectivity index (χ4v) is 3.62. The fourth-order valence-electron chi connectivity index (χ4n) is 3.16. The summed E-state index contributed by atoms with van der Waals surface area (Å²) < 4.78 is 0. The lowest BCUT2D eigenvalue weighted by molar-refractivity contribution is -0.112. The van der Waals surface area contributed by atoms with E-state index in [1.54, 1.807) is 65.6 Å². The molecule has 3 aromatic rings. The van der Waals surface area contributed by atoms with E-state index in [1.165, 1.54) is 0 Å². The maximum atomic E-state index is 13.1. The Morgan fingerprint density at radius 1 is 1.03 bits per heavy atom. The van der Waals surface area contributed by atoms with Crippen LogP contribution in [0.5, 0.6) is 0 Å². The Balaban J connectivity index is 1.62. The summed E-state index contributed by atoms with van der Waals surface area (Å²) in [6.45, 7) is 2.15. The van der Waals surface area contributed by atoms with Crippen LogP contribution in [0.25, 0.3) is 0 Å². The minimum atomic E-state index is -0.632. The van der Waals surface area contributed by atoms with Gasteiger partial charge in [-0.15, -0.1) is 0 Å². The summed E-state index contributed by atoms with van der Waals surface area (Å²) in [5, 5.41) is 4.87. The number of hydrogen-bond donors (Lipinski definition) is 0. The van der Waals surface area contributed by atoms with Crippen molar-refractivity contribution in [2.75, 3.05) is 4.90 Å². The average molecular weight is 439 g/mol. The van der Waals surface area contributed by atoms with Gasteiger partial charge in [-0.2, -0.15) is 0 Å². The van der Waals surface area contributed by atoms with Crippen molar-refractivity contribution >= 4 is 46.5 Å². The van der Waals surface area contributed by atoms with E-state index in [9.17, 15) is 9.59 Å². The van der Waals surface area contributed by atoms with Crippen LogP contribution in [-0.2, 0) is 16.2 Å². The van der Waals surface area contributed by atoms with Crippen molar-refractivity contribution < 1.29 is 14.4 Å². The molecule has 7 heteroatoms. The minimum absolute atomic E-state index is 0.0659. The van der Waals surface area contributed by atoms with E-state index in [0.717, 1.165) is 11.1 Å². The van der Waals surface area contributed by atoms with Gasteiger partial charge in [0.1, 0.15) is 0 Å². The molecule has 30 heavy (non-hydrogen) atoms. The summed E-state index contributed by atoms with van der Waals surface area (Å²) in [4.78, 5) is 32.0. The number of aryl methyl sites for hydroxylation is 1. The van der Waals surface area contributed by atoms with Gasteiger partial charge < -0.3 is 9.74 Å². The standard InChI is InChI=1S/C23H16Cl2N2O3/c1-14-6-8-15(9-7-14)23(29)30-26-21-18-4-2-3-5-20(18)27(22(21)28)13-16-10-11-17(24)12-19(16)25/h2-12H,13H2,1H3. The molecule has 0 aliphatic carbocycles. The first kappa shape index (κ1) is 20.1. The van der Waals surface area contributed by atoms with Gasteiger partial charge in [-0.25, -0.2) is 4.79 Å². The van der Waals surface area contributed by atoms with Gasteiger partial charge in [-0.05, 0) is 42.8 Å². The van der Waals surface area contributed by atoms with Crippen LogP contribution in [0.4, 0.5) is 5.69 Å². The topological polar surface area (TPSA) is 59.0 Å². The van der Waals surface area contributed by atoms with Gasteiger partial charge in [-0.1, -0.05) is 70.3 Å². The smallest absolute Gasteiger partial charge is 0.312 e. The largest absolute Gasteiger partial charge is 0.365 e. The van der Waals surface area contributed by atoms with E-state index in [-0.39, 0.29) is 18.2 Å². The number of fused-ring (bicyclic) bond motifs is 1. The zero-order chi connectivity index (χ0) is 21.3. The number of halogens is 2. The van der Waals surface area contributed by atoms with Crippen molar-refractivity contribution in [2.24, 2.45) is 5.16 Å². The highest BCUT2D eigenvalue weighted by atomic mass is 35.5. The summed E-state index contributed by atoms with van der Waals surface area (Å²) >= 11 is 12.2. The van der Waals surface area contributed by atoms with Crippen LogP contribution in [0.1, 0.15) is 27.0 Å². The molecule has 1 amide bonds. The van der Waals surface area contributed by atoms with Crippen molar-refractivity contribution in [3.05, 3.63) is 99.0 Å². The van der Waals surface area contributed by atoms with E-state index in [4.69, 9.17) is 28.0 Å². The van der Waals surface area contributed by atoms with Gasteiger partial charge in [0.05, 0.1) is 17.8 Å². The lowest BCUT2D eigenvalue weighted by Gasteiger charge is -2.17. The zero-order valence-corrected chi connectivity index (χ0v) is 17.4. The van der Waals surface area contributed by atoms with Crippen molar-refractivity contribution in [3.63, 3.8) is 0 Å². The predicted octanol–water partition coefficient (Wildman–Crippen LogP) is 5.41. The number of hydrogen-bond acceptors (Lipinski definition) is 4. The number of carbonyl (C=O) groups is 2. The van der Waals surface area contributed by atoms with Crippen molar-refractivity contribution in [2.45, 2.75) is 13.5 Å². The maximum Gasteiger partial charge on any atom is 0.365 e. The number of rotatable bonds is 4. The molecule has 0 radical (unpaired) electrons. The molecular formula is C23H16Cl2N2O3. The number of amides is 1. The van der Waals surface area contributed by atoms with E-state index in [1.807, 2.05) is 13.0 Å². The Hall–Kier alpha value is -3.15. The molecule has 1 aliphatic heterocycles. The monoisotopic (exact) mass is 438 g/mol. The maximum absolute atomic E-state index is 13.1. The molecule has 0 unspecified atom stereocenters. The molecular weight excluding hydrogens is 423 g/mol. The number of carbonyl (C=O) groups excluding carboxylic acids is 2. The number of oxime groups is 1. The second kappa shape index (κ2) is 8.30. The molecule has 0 fully saturated rings. The van der Waals surface area contributed by atoms with Crippen LogP contribution < -0.4 is 4.90 Å². The SMILES string of the molecule is Cc1ccc(C(=O)ON=C2C(=O)N(Cc3ccc(Cl)cc3Cl)c3ccccc32)cc1. The first-order chi connectivity index (χ1) is 14.4. The number of anilines is 1. The molecule has 1 aliphatic rings. The molecule has 5 nitrogen and oxygen atoms in total. The van der Waals surface area contributed by atoms with Gasteiger partial charge in [0.2, 0.25) is 0 Å². The molecule has 0 atom stereocenters. The Labute approximate surface area is 183 Å². The van der Waals surface area contributed by atoms with Gasteiger partial charge in [0.25, 0.3) is 5.91 Å². The van der Waals surface area contributed by atoms with E-state index < -0.39 is 5.97 Å². The second-order valence-electron chi connectivity index (χ2n) is 6.83. The highest BCUT2D eigenvalue weighted by Crippen LogP contribution is 2.32. The normalized spacial score (nSPS) is 14.2. The van der Waals surface area contributed by atoms with Crippen LogP contribution in [0.15, 0.2) is 71.9 Å². The summed E-state index contributed by atoms with van der Waals surface area (Å²) in [5.41, 5.74) is 3.43. The molecule has 0 saturated heterocycles.